The molecule has 5 heteroatoms. The number of benzene rings is 8. The highest BCUT2D eigenvalue weighted by Crippen LogP contribution is 2.52. The molecule has 0 saturated heterocycles. The van der Waals surface area contributed by atoms with Gasteiger partial charge in [0.05, 0.1) is 39.1 Å². The number of hydrogen-bond acceptors (Lipinski definition) is 3. The number of rotatable bonds is 4. The van der Waals surface area contributed by atoms with E-state index in [-0.39, 0.29) is 17.5 Å². The molecule has 60 heavy (non-hydrogen) atoms. The standard InChI is InChI=1S/C55H35N3O2/c59-55-53-38(29-31-46-51(53)40-21-7-11-25-44(40)58(46)45-26-14-28-49-50(45)42-23-9-12-27-48(42)60-49)39-30-32-47-52(41-22-8-10-24-43(41)56(47)36-18-5-2-6-19-36)54(39)57(55)37-20-13-17-35(33-37)34-15-3-1-4-16-34/h1-33,41,43H. The lowest BCUT2D eigenvalue weighted by Crippen LogP contribution is -2.28. The van der Waals surface area contributed by atoms with E-state index in [1.165, 1.54) is 0 Å². The lowest BCUT2D eigenvalue weighted by Gasteiger charge is -2.28. The summed E-state index contributed by atoms with van der Waals surface area (Å²) in [7, 11) is 0. The van der Waals surface area contributed by atoms with Gasteiger partial charge in [0, 0.05) is 50.1 Å². The van der Waals surface area contributed by atoms with Gasteiger partial charge in [0.15, 0.2) is 0 Å². The number of furan rings is 1. The van der Waals surface area contributed by atoms with Gasteiger partial charge in [0.1, 0.15) is 11.2 Å². The lowest BCUT2D eigenvalue weighted by molar-refractivity contribution is 0.669. The van der Waals surface area contributed by atoms with Crippen molar-refractivity contribution in [2.45, 2.75) is 12.0 Å². The first-order chi connectivity index (χ1) is 29.7. The fourth-order valence-electron chi connectivity index (χ4n) is 10.4. The Morgan fingerprint density at radius 3 is 2.03 bits per heavy atom. The molecule has 0 fully saturated rings. The van der Waals surface area contributed by atoms with Crippen LogP contribution < -0.4 is 10.5 Å². The van der Waals surface area contributed by atoms with Gasteiger partial charge in [-0.2, -0.15) is 0 Å². The molecule has 282 valence electrons. The third-order valence-electron chi connectivity index (χ3n) is 12.8. The number of aromatic nitrogens is 2. The average Bonchev–Trinajstić information content (AvgIpc) is 3.98. The minimum atomic E-state index is -0.0402. The largest absolute Gasteiger partial charge is 0.456 e. The quantitative estimate of drug-likeness (QED) is 0.167. The van der Waals surface area contributed by atoms with E-state index in [2.05, 4.69) is 185 Å². The molecule has 3 aromatic heterocycles. The van der Waals surface area contributed by atoms with E-state index in [1.807, 2.05) is 28.8 Å². The molecule has 0 radical (unpaired) electrons. The van der Waals surface area contributed by atoms with Crippen LogP contribution in [0, 0.1) is 0 Å². The summed E-state index contributed by atoms with van der Waals surface area (Å²) in [6.07, 6.45) is 8.91. The molecule has 2 atom stereocenters. The lowest BCUT2D eigenvalue weighted by atomic mass is 9.88. The zero-order chi connectivity index (χ0) is 39.5. The Morgan fingerprint density at radius 2 is 1.15 bits per heavy atom. The van der Waals surface area contributed by atoms with E-state index >= 15 is 4.79 Å². The first kappa shape index (κ1) is 33.1. The summed E-state index contributed by atoms with van der Waals surface area (Å²) in [5.74, 6) is 0.0326. The zero-order valence-corrected chi connectivity index (χ0v) is 32.4. The Balaban J connectivity index is 1.19. The van der Waals surface area contributed by atoms with E-state index in [9.17, 15) is 0 Å². The Kier molecular flexibility index (Phi) is 6.93. The highest BCUT2D eigenvalue weighted by atomic mass is 16.3. The Labute approximate surface area is 344 Å². The van der Waals surface area contributed by atoms with Crippen LogP contribution in [0.3, 0.4) is 0 Å². The van der Waals surface area contributed by atoms with Gasteiger partial charge in [-0.15, -0.1) is 0 Å². The molecule has 4 heterocycles. The van der Waals surface area contributed by atoms with Crippen LogP contribution in [0.5, 0.6) is 0 Å². The summed E-state index contributed by atoms with van der Waals surface area (Å²) in [5, 5.41) is 6.78. The zero-order valence-electron chi connectivity index (χ0n) is 32.4. The van der Waals surface area contributed by atoms with Crippen molar-refractivity contribution in [2.24, 2.45) is 0 Å². The molecule has 8 aromatic carbocycles. The first-order valence-electron chi connectivity index (χ1n) is 20.6. The second-order valence-corrected chi connectivity index (χ2v) is 15.9. The van der Waals surface area contributed by atoms with E-state index in [0.717, 1.165) is 99.5 Å². The number of allylic oxidation sites excluding steroid dienone is 2. The highest BCUT2D eigenvalue weighted by Gasteiger charge is 2.40. The molecule has 0 bridgehead atoms. The number of para-hydroxylation sites is 3. The molecule has 0 amide bonds. The number of hydrogen-bond donors (Lipinski definition) is 0. The summed E-state index contributed by atoms with van der Waals surface area (Å²) in [6.45, 7) is 0. The fourth-order valence-corrected chi connectivity index (χ4v) is 10.4. The molecule has 0 spiro atoms. The number of fused-ring (bicyclic) bond motifs is 14. The van der Waals surface area contributed by atoms with E-state index < -0.39 is 0 Å². The van der Waals surface area contributed by atoms with Crippen LogP contribution in [0.15, 0.2) is 209 Å². The monoisotopic (exact) mass is 769 g/mol. The van der Waals surface area contributed by atoms with Crippen LogP contribution in [0.4, 0.5) is 11.4 Å². The Morgan fingerprint density at radius 1 is 0.450 bits per heavy atom. The van der Waals surface area contributed by atoms with Crippen molar-refractivity contribution in [3.8, 4) is 22.5 Å². The normalized spacial score (nSPS) is 15.9. The van der Waals surface area contributed by atoms with Crippen LogP contribution in [0.1, 0.15) is 11.5 Å². The third kappa shape index (κ3) is 4.54. The van der Waals surface area contributed by atoms with Gasteiger partial charge in [-0.1, -0.05) is 140 Å². The summed E-state index contributed by atoms with van der Waals surface area (Å²) >= 11 is 0. The summed E-state index contributed by atoms with van der Waals surface area (Å²) < 4.78 is 10.7. The van der Waals surface area contributed by atoms with Gasteiger partial charge in [-0.05, 0) is 77.2 Å². The third-order valence-corrected chi connectivity index (χ3v) is 12.8. The molecule has 1 aliphatic carbocycles. The van der Waals surface area contributed by atoms with E-state index in [0.29, 0.717) is 5.39 Å². The molecular formula is C55H35N3O2. The van der Waals surface area contributed by atoms with Crippen molar-refractivity contribution >= 4 is 76.8 Å². The summed E-state index contributed by atoms with van der Waals surface area (Å²) in [4.78, 5) is 18.6. The van der Waals surface area contributed by atoms with Crippen molar-refractivity contribution in [2.75, 3.05) is 4.90 Å². The number of anilines is 2. The van der Waals surface area contributed by atoms with Gasteiger partial charge in [-0.3, -0.25) is 9.36 Å². The van der Waals surface area contributed by atoms with Crippen molar-refractivity contribution in [3.63, 3.8) is 0 Å². The topological polar surface area (TPSA) is 43.3 Å². The molecule has 2 aliphatic rings. The maximum Gasteiger partial charge on any atom is 0.264 e. The smallest absolute Gasteiger partial charge is 0.264 e. The van der Waals surface area contributed by atoms with Crippen molar-refractivity contribution < 1.29 is 4.42 Å². The van der Waals surface area contributed by atoms with Gasteiger partial charge >= 0.3 is 0 Å². The fraction of sp³-hybridized carbons (Fsp3) is 0.0364. The number of pyridine rings is 1. The van der Waals surface area contributed by atoms with Crippen LogP contribution in [-0.4, -0.2) is 15.2 Å². The molecule has 13 rings (SSSR count). The van der Waals surface area contributed by atoms with Gasteiger partial charge in [0.2, 0.25) is 0 Å². The van der Waals surface area contributed by atoms with Crippen molar-refractivity contribution in [3.05, 3.63) is 216 Å². The van der Waals surface area contributed by atoms with Crippen molar-refractivity contribution in [1.82, 2.24) is 9.13 Å². The average molecular weight is 770 g/mol. The van der Waals surface area contributed by atoms with Crippen molar-refractivity contribution in [1.29, 1.82) is 0 Å². The van der Waals surface area contributed by atoms with Crippen LogP contribution in [0.2, 0.25) is 0 Å². The Hall–Kier alpha value is -7.89. The predicted octanol–water partition coefficient (Wildman–Crippen LogP) is 13.5. The second-order valence-electron chi connectivity index (χ2n) is 15.9. The van der Waals surface area contributed by atoms with Gasteiger partial charge < -0.3 is 13.9 Å². The van der Waals surface area contributed by atoms with Gasteiger partial charge in [-0.25, -0.2) is 0 Å². The maximum atomic E-state index is 16.1. The van der Waals surface area contributed by atoms with Gasteiger partial charge in [0.25, 0.3) is 5.56 Å². The molecule has 11 aromatic rings. The van der Waals surface area contributed by atoms with E-state index in [1.54, 1.807) is 0 Å². The van der Waals surface area contributed by atoms with Crippen LogP contribution in [-0.2, 0) is 0 Å². The Bertz CT molecular complexity index is 3700. The highest BCUT2D eigenvalue weighted by molar-refractivity contribution is 6.26. The summed E-state index contributed by atoms with van der Waals surface area (Å²) in [5.41, 5.74) is 12.0. The SMILES string of the molecule is O=c1c2c(ccc3c2c2ccccc2n3-c2cccc3oc4ccccc4c23)c2ccc3c(c2n1-c1cccc(-c2ccccc2)c1)C1C=CC=CC1N3c1ccccc1. The molecule has 2 unspecified atom stereocenters. The minimum absolute atomic E-state index is 0.0326. The molecule has 1 aliphatic heterocycles. The second kappa shape index (κ2) is 12.6. The predicted molar refractivity (Wildman–Crippen MR) is 247 cm³/mol. The summed E-state index contributed by atoms with van der Waals surface area (Å²) in [6, 6.07) is 61.5. The molecule has 0 N–H and O–H groups in total. The number of nitrogens with zero attached hydrogens (tertiary/aromatic N) is 3. The van der Waals surface area contributed by atoms with E-state index in [4.69, 9.17) is 4.42 Å². The molecule has 0 saturated carbocycles. The minimum Gasteiger partial charge on any atom is -0.456 e. The maximum absolute atomic E-state index is 16.1. The van der Waals surface area contributed by atoms with Crippen LogP contribution >= 0.6 is 0 Å². The molecule has 5 nitrogen and oxygen atoms in total. The first-order valence-corrected chi connectivity index (χ1v) is 20.6. The molecular weight excluding hydrogens is 735 g/mol. The van der Waals surface area contributed by atoms with Crippen LogP contribution in [0.25, 0.3) is 87.9 Å².